The number of sulfonamides is 1. The van der Waals surface area contributed by atoms with E-state index in [4.69, 9.17) is 12.2 Å². The normalized spacial score (nSPS) is 15.5. The number of piperazine rings is 1. The summed E-state index contributed by atoms with van der Waals surface area (Å²) in [7, 11) is -3.63. The number of aromatic amines is 1. The molecule has 0 spiro atoms. The van der Waals surface area contributed by atoms with Crippen molar-refractivity contribution in [3.05, 3.63) is 38.9 Å². The quantitative estimate of drug-likeness (QED) is 0.663. The Bertz CT molecular complexity index is 1120. The van der Waals surface area contributed by atoms with E-state index in [1.807, 2.05) is 40.7 Å². The number of carbonyl (C=O) groups is 1. The van der Waals surface area contributed by atoms with Crippen LogP contribution in [0.1, 0.15) is 41.4 Å². The molecule has 0 radical (unpaired) electrons. The smallest absolute Gasteiger partial charge is 0.243 e. The minimum atomic E-state index is -3.63. The summed E-state index contributed by atoms with van der Waals surface area (Å²) in [6, 6.07) is 2.02. The van der Waals surface area contributed by atoms with E-state index >= 15 is 0 Å². The molecule has 1 aromatic heterocycles. The highest BCUT2D eigenvalue weighted by atomic mass is 32.2. The third kappa shape index (κ3) is 4.61. The molecule has 31 heavy (non-hydrogen) atoms. The number of rotatable bonds is 6. The molecular formula is C21H31N5O3S2. The van der Waals surface area contributed by atoms with Gasteiger partial charge in [0.05, 0.1) is 4.90 Å². The Morgan fingerprint density at radius 1 is 1.10 bits per heavy atom. The summed E-state index contributed by atoms with van der Waals surface area (Å²) in [6.07, 6.45) is 1.64. The predicted octanol–water partition coefficient (Wildman–Crippen LogP) is 2.66. The van der Waals surface area contributed by atoms with Gasteiger partial charge >= 0.3 is 0 Å². The molecule has 10 heteroatoms. The number of amides is 1. The van der Waals surface area contributed by atoms with Crippen molar-refractivity contribution in [1.82, 2.24) is 24.0 Å². The molecule has 1 aliphatic heterocycles. The lowest BCUT2D eigenvalue weighted by molar-refractivity contribution is -0.133. The van der Waals surface area contributed by atoms with Crippen molar-refractivity contribution in [3.63, 3.8) is 0 Å². The molecule has 0 saturated carbocycles. The van der Waals surface area contributed by atoms with Crippen LogP contribution in [0.3, 0.4) is 0 Å². The van der Waals surface area contributed by atoms with Gasteiger partial charge < -0.3 is 4.90 Å². The Morgan fingerprint density at radius 2 is 1.68 bits per heavy atom. The molecule has 1 N–H and O–H groups in total. The van der Waals surface area contributed by atoms with Gasteiger partial charge in [-0.05, 0) is 68.6 Å². The molecule has 0 aliphatic carbocycles. The van der Waals surface area contributed by atoms with E-state index in [1.54, 1.807) is 9.47 Å². The molecule has 1 aliphatic rings. The highest BCUT2D eigenvalue weighted by Crippen LogP contribution is 2.29. The lowest BCUT2D eigenvalue weighted by Crippen LogP contribution is -2.51. The molecule has 0 atom stereocenters. The molecular weight excluding hydrogens is 434 g/mol. The molecule has 0 bridgehead atoms. The fourth-order valence-electron chi connectivity index (χ4n) is 4.04. The maximum atomic E-state index is 13.4. The fourth-order valence-corrected chi connectivity index (χ4v) is 6.25. The average molecular weight is 466 g/mol. The van der Waals surface area contributed by atoms with E-state index < -0.39 is 10.0 Å². The van der Waals surface area contributed by atoms with Crippen molar-refractivity contribution < 1.29 is 13.2 Å². The summed E-state index contributed by atoms with van der Waals surface area (Å²) in [5, 5.41) is 6.95. The number of hydrogen-bond donors (Lipinski definition) is 1. The van der Waals surface area contributed by atoms with E-state index in [1.165, 1.54) is 4.31 Å². The largest absolute Gasteiger partial charge is 0.338 e. The third-order valence-corrected chi connectivity index (χ3v) is 8.58. The van der Waals surface area contributed by atoms with Crippen LogP contribution in [-0.2, 0) is 27.8 Å². The number of H-pyrrole nitrogens is 1. The first kappa shape index (κ1) is 23.6. The van der Waals surface area contributed by atoms with E-state index in [0.29, 0.717) is 22.8 Å². The summed E-state index contributed by atoms with van der Waals surface area (Å²) in [5.41, 5.74) is 3.52. The molecule has 1 fully saturated rings. The number of nitrogens with one attached hydrogen (secondary N) is 1. The maximum Gasteiger partial charge on any atom is 0.243 e. The Balaban J connectivity index is 1.73. The molecule has 0 unspecified atom stereocenters. The highest BCUT2D eigenvalue weighted by Gasteiger charge is 2.33. The molecule has 2 heterocycles. The standard InChI is InChI=1S/C21H31N5O3S2/c1-6-7-18-22-23-21(30)26(18)13-19(27)24-8-10-25(11-9-24)31(28,29)20-16(4)14(2)12-15(3)17(20)5/h12H,6-11,13H2,1-5H3,(H,23,30). The lowest BCUT2D eigenvalue weighted by atomic mass is 10.0. The van der Waals surface area contributed by atoms with Crippen molar-refractivity contribution in [3.8, 4) is 0 Å². The summed E-state index contributed by atoms with van der Waals surface area (Å²) in [5.74, 6) is 0.688. The minimum Gasteiger partial charge on any atom is -0.338 e. The fraction of sp³-hybridized carbons (Fsp3) is 0.571. The van der Waals surface area contributed by atoms with E-state index in [2.05, 4.69) is 10.2 Å². The second-order valence-corrected chi connectivity index (χ2v) is 10.4. The number of nitrogens with zero attached hydrogens (tertiary/aromatic N) is 4. The van der Waals surface area contributed by atoms with Crippen LogP contribution in [0.2, 0.25) is 0 Å². The number of hydrogen-bond acceptors (Lipinski definition) is 5. The van der Waals surface area contributed by atoms with E-state index in [9.17, 15) is 13.2 Å². The second kappa shape index (κ2) is 9.22. The Labute approximate surface area is 189 Å². The average Bonchev–Trinajstić information content (AvgIpc) is 3.06. The van der Waals surface area contributed by atoms with Crippen LogP contribution in [0.4, 0.5) is 0 Å². The third-order valence-electron chi connectivity index (χ3n) is 6.09. The van der Waals surface area contributed by atoms with Gasteiger partial charge in [-0.15, -0.1) is 0 Å². The second-order valence-electron chi connectivity index (χ2n) is 8.16. The molecule has 2 aromatic rings. The van der Waals surface area contributed by atoms with Crippen LogP contribution in [0.15, 0.2) is 11.0 Å². The van der Waals surface area contributed by atoms with Crippen LogP contribution < -0.4 is 0 Å². The monoisotopic (exact) mass is 465 g/mol. The van der Waals surface area contributed by atoms with Gasteiger partial charge in [-0.2, -0.15) is 9.40 Å². The van der Waals surface area contributed by atoms with Crippen LogP contribution in [0.25, 0.3) is 0 Å². The van der Waals surface area contributed by atoms with Crippen LogP contribution >= 0.6 is 12.2 Å². The minimum absolute atomic E-state index is 0.0781. The zero-order chi connectivity index (χ0) is 22.9. The van der Waals surface area contributed by atoms with Crippen LogP contribution in [-0.4, -0.2) is 64.5 Å². The van der Waals surface area contributed by atoms with Crippen molar-refractivity contribution >= 4 is 28.1 Å². The summed E-state index contributed by atoms with van der Waals surface area (Å²) >= 11 is 5.26. The van der Waals surface area contributed by atoms with Gasteiger partial charge in [-0.1, -0.05) is 13.0 Å². The van der Waals surface area contributed by atoms with Gasteiger partial charge in [0, 0.05) is 32.6 Å². The van der Waals surface area contributed by atoms with E-state index in [-0.39, 0.29) is 25.5 Å². The summed E-state index contributed by atoms with van der Waals surface area (Å²) in [6.45, 7) is 11.0. The maximum absolute atomic E-state index is 13.4. The van der Waals surface area contributed by atoms with Gasteiger partial charge in [-0.3, -0.25) is 14.5 Å². The first-order chi connectivity index (χ1) is 14.6. The van der Waals surface area contributed by atoms with E-state index in [0.717, 1.165) is 40.9 Å². The van der Waals surface area contributed by atoms with Crippen molar-refractivity contribution in [2.24, 2.45) is 0 Å². The van der Waals surface area contributed by atoms with Crippen LogP contribution in [0, 0.1) is 32.5 Å². The number of aryl methyl sites for hydroxylation is 3. The van der Waals surface area contributed by atoms with Gasteiger partial charge in [0.25, 0.3) is 0 Å². The Kier molecular flexibility index (Phi) is 7.02. The topological polar surface area (TPSA) is 91.3 Å². The zero-order valence-corrected chi connectivity index (χ0v) is 20.5. The summed E-state index contributed by atoms with van der Waals surface area (Å²) in [4.78, 5) is 15.0. The summed E-state index contributed by atoms with van der Waals surface area (Å²) < 4.78 is 30.5. The lowest BCUT2D eigenvalue weighted by Gasteiger charge is -2.35. The van der Waals surface area contributed by atoms with Crippen molar-refractivity contribution in [2.75, 3.05) is 26.2 Å². The Hall–Kier alpha value is -2.04. The van der Waals surface area contributed by atoms with Crippen molar-refractivity contribution in [1.29, 1.82) is 0 Å². The molecule has 170 valence electrons. The first-order valence-corrected chi connectivity index (χ1v) is 12.4. The SMILES string of the molecule is CCCc1n[nH]c(=S)n1CC(=O)N1CCN(S(=O)(=O)c2c(C)c(C)cc(C)c2C)CC1. The molecule has 1 aromatic carbocycles. The van der Waals surface area contributed by atoms with Gasteiger partial charge in [-0.25, -0.2) is 8.42 Å². The molecule has 8 nitrogen and oxygen atoms in total. The molecule has 3 rings (SSSR count). The highest BCUT2D eigenvalue weighted by molar-refractivity contribution is 7.89. The number of carbonyl (C=O) groups excluding carboxylic acids is 1. The number of aromatic nitrogens is 3. The first-order valence-electron chi connectivity index (χ1n) is 10.6. The molecule has 1 saturated heterocycles. The Morgan fingerprint density at radius 3 is 2.23 bits per heavy atom. The van der Waals surface area contributed by atoms with Gasteiger partial charge in [0.15, 0.2) is 4.77 Å². The predicted molar refractivity (Wildman–Crippen MR) is 122 cm³/mol. The van der Waals surface area contributed by atoms with Gasteiger partial charge in [0.1, 0.15) is 12.4 Å². The van der Waals surface area contributed by atoms with Crippen molar-refractivity contribution in [2.45, 2.75) is 58.9 Å². The van der Waals surface area contributed by atoms with Crippen LogP contribution in [0.5, 0.6) is 0 Å². The van der Waals surface area contributed by atoms with Gasteiger partial charge in [0.2, 0.25) is 15.9 Å². The molecule has 1 amide bonds. The zero-order valence-electron chi connectivity index (χ0n) is 18.9. The number of benzene rings is 1.